The number of benzene rings is 2. The fraction of sp³-hybridized carbons (Fsp3) is 0.0833. The molecule has 0 fully saturated rings. The molecule has 2 aromatic rings. The molecule has 0 bridgehead atoms. The van der Waals surface area contributed by atoms with Crippen molar-refractivity contribution in [1.29, 1.82) is 0 Å². The van der Waals surface area contributed by atoms with E-state index in [1.807, 2.05) is 42.5 Å². The highest BCUT2D eigenvalue weighted by molar-refractivity contribution is 5.93. The van der Waals surface area contributed by atoms with E-state index in [-0.39, 0.29) is 6.03 Å². The maximum atomic E-state index is 11.1. The zero-order valence-corrected chi connectivity index (χ0v) is 8.45. The Hall–Kier alpha value is -2.03. The fourth-order valence-electron chi connectivity index (χ4n) is 1.46. The summed E-state index contributed by atoms with van der Waals surface area (Å²) in [5.74, 6) is 0. The highest BCUT2D eigenvalue weighted by Crippen LogP contribution is 2.18. The Bertz CT molecular complexity index is 494. The van der Waals surface area contributed by atoms with E-state index >= 15 is 0 Å². The summed E-state index contributed by atoms with van der Waals surface area (Å²) in [6.45, 7) is 0. The summed E-state index contributed by atoms with van der Waals surface area (Å²) in [6, 6.07) is 13.7. The van der Waals surface area contributed by atoms with Crippen molar-refractivity contribution in [3.63, 3.8) is 0 Å². The first-order chi connectivity index (χ1) is 7.29. The summed E-state index contributed by atoms with van der Waals surface area (Å²) in [6.07, 6.45) is 0. The van der Waals surface area contributed by atoms with E-state index in [9.17, 15) is 4.79 Å². The Morgan fingerprint density at radius 2 is 1.80 bits per heavy atom. The maximum absolute atomic E-state index is 11.1. The zero-order chi connectivity index (χ0) is 10.7. The van der Waals surface area contributed by atoms with Crippen LogP contribution in [0.15, 0.2) is 42.5 Å². The Labute approximate surface area is 88.1 Å². The molecular formula is C12H12N2O. The number of hydrogen-bond donors (Lipinski definition) is 2. The van der Waals surface area contributed by atoms with Crippen LogP contribution in [-0.2, 0) is 0 Å². The Kier molecular flexibility index (Phi) is 2.54. The lowest BCUT2D eigenvalue weighted by Gasteiger charge is -2.05. The minimum absolute atomic E-state index is 0.203. The molecule has 0 saturated carbocycles. The summed E-state index contributed by atoms with van der Waals surface area (Å²) in [7, 11) is 1.59. The molecule has 2 rings (SSSR count). The first kappa shape index (κ1) is 9.52. The van der Waals surface area contributed by atoms with Gasteiger partial charge in [-0.1, -0.05) is 30.3 Å². The van der Waals surface area contributed by atoms with Gasteiger partial charge in [0, 0.05) is 12.7 Å². The molecule has 0 aliphatic carbocycles. The number of urea groups is 1. The molecule has 0 aliphatic heterocycles. The van der Waals surface area contributed by atoms with Gasteiger partial charge in [0.15, 0.2) is 0 Å². The molecule has 76 valence electrons. The van der Waals surface area contributed by atoms with Crippen LogP contribution in [0.4, 0.5) is 10.5 Å². The number of carbonyl (C=O) groups excluding carboxylic acids is 1. The molecule has 0 atom stereocenters. The minimum Gasteiger partial charge on any atom is -0.341 e. The summed E-state index contributed by atoms with van der Waals surface area (Å²) < 4.78 is 0. The predicted molar refractivity (Wildman–Crippen MR) is 62.0 cm³/mol. The van der Waals surface area contributed by atoms with Crippen LogP contribution in [0, 0.1) is 0 Å². The van der Waals surface area contributed by atoms with E-state index in [1.54, 1.807) is 7.05 Å². The Morgan fingerprint density at radius 3 is 2.53 bits per heavy atom. The number of hydrogen-bond acceptors (Lipinski definition) is 1. The number of anilines is 1. The zero-order valence-electron chi connectivity index (χ0n) is 8.45. The third-order valence-corrected chi connectivity index (χ3v) is 2.23. The second-order valence-corrected chi connectivity index (χ2v) is 3.27. The van der Waals surface area contributed by atoms with Gasteiger partial charge in [0.25, 0.3) is 0 Å². The topological polar surface area (TPSA) is 41.1 Å². The van der Waals surface area contributed by atoms with Crippen LogP contribution < -0.4 is 10.6 Å². The number of carbonyl (C=O) groups is 1. The van der Waals surface area contributed by atoms with Crippen LogP contribution in [0.25, 0.3) is 10.8 Å². The minimum atomic E-state index is -0.203. The second kappa shape index (κ2) is 4.00. The van der Waals surface area contributed by atoms with Crippen LogP contribution in [-0.4, -0.2) is 13.1 Å². The largest absolute Gasteiger partial charge is 0.341 e. The lowest BCUT2D eigenvalue weighted by Crippen LogP contribution is -2.24. The lowest BCUT2D eigenvalue weighted by molar-refractivity contribution is 0.254. The quantitative estimate of drug-likeness (QED) is 0.729. The van der Waals surface area contributed by atoms with Crippen LogP contribution in [0.2, 0.25) is 0 Å². The van der Waals surface area contributed by atoms with E-state index in [0.29, 0.717) is 0 Å². The average Bonchev–Trinajstić information content (AvgIpc) is 2.29. The van der Waals surface area contributed by atoms with Crippen molar-refractivity contribution >= 4 is 22.5 Å². The molecular weight excluding hydrogens is 188 g/mol. The van der Waals surface area contributed by atoms with Crippen molar-refractivity contribution < 1.29 is 4.79 Å². The maximum Gasteiger partial charge on any atom is 0.318 e. The lowest BCUT2D eigenvalue weighted by atomic mass is 10.1. The van der Waals surface area contributed by atoms with Crippen molar-refractivity contribution in [2.75, 3.05) is 12.4 Å². The van der Waals surface area contributed by atoms with Gasteiger partial charge in [-0.15, -0.1) is 0 Å². The first-order valence-corrected chi connectivity index (χ1v) is 4.77. The van der Waals surface area contributed by atoms with Gasteiger partial charge in [-0.2, -0.15) is 0 Å². The third kappa shape index (κ3) is 2.07. The van der Waals surface area contributed by atoms with Crippen LogP contribution in [0.5, 0.6) is 0 Å². The van der Waals surface area contributed by atoms with E-state index in [1.165, 1.54) is 5.39 Å². The molecule has 0 aromatic heterocycles. The average molecular weight is 200 g/mol. The first-order valence-electron chi connectivity index (χ1n) is 4.77. The van der Waals surface area contributed by atoms with Gasteiger partial charge in [0.2, 0.25) is 0 Å². The van der Waals surface area contributed by atoms with E-state index in [0.717, 1.165) is 11.1 Å². The summed E-state index contributed by atoms with van der Waals surface area (Å²) in [5.41, 5.74) is 0.799. The highest BCUT2D eigenvalue weighted by atomic mass is 16.2. The van der Waals surface area contributed by atoms with E-state index < -0.39 is 0 Å². The normalized spacial score (nSPS) is 9.93. The van der Waals surface area contributed by atoms with Crippen LogP contribution >= 0.6 is 0 Å². The van der Waals surface area contributed by atoms with Crippen molar-refractivity contribution in [3.05, 3.63) is 42.5 Å². The van der Waals surface area contributed by atoms with E-state index in [2.05, 4.69) is 10.6 Å². The number of nitrogens with one attached hydrogen (secondary N) is 2. The number of rotatable bonds is 1. The number of amides is 2. The van der Waals surface area contributed by atoms with Gasteiger partial charge in [0.05, 0.1) is 0 Å². The second-order valence-electron chi connectivity index (χ2n) is 3.27. The molecule has 2 N–H and O–H groups in total. The van der Waals surface area contributed by atoms with Gasteiger partial charge in [-0.05, 0) is 22.9 Å². The van der Waals surface area contributed by atoms with Crippen molar-refractivity contribution in [2.45, 2.75) is 0 Å². The number of fused-ring (bicyclic) bond motifs is 1. The van der Waals surface area contributed by atoms with Crippen molar-refractivity contribution in [1.82, 2.24) is 5.32 Å². The molecule has 0 heterocycles. The molecule has 2 amide bonds. The van der Waals surface area contributed by atoms with E-state index in [4.69, 9.17) is 0 Å². The Morgan fingerprint density at radius 1 is 1.07 bits per heavy atom. The van der Waals surface area contributed by atoms with Gasteiger partial charge in [-0.3, -0.25) is 0 Å². The van der Waals surface area contributed by atoms with Gasteiger partial charge >= 0.3 is 6.03 Å². The van der Waals surface area contributed by atoms with Crippen molar-refractivity contribution in [3.8, 4) is 0 Å². The predicted octanol–water partition coefficient (Wildman–Crippen LogP) is 2.59. The van der Waals surface area contributed by atoms with Gasteiger partial charge < -0.3 is 10.6 Å². The van der Waals surface area contributed by atoms with Gasteiger partial charge in [0.1, 0.15) is 0 Å². The molecule has 2 aromatic carbocycles. The SMILES string of the molecule is CNC(=O)Nc1ccc2ccccc2c1. The summed E-state index contributed by atoms with van der Waals surface area (Å²) in [5, 5.41) is 7.53. The van der Waals surface area contributed by atoms with Crippen molar-refractivity contribution in [2.24, 2.45) is 0 Å². The highest BCUT2D eigenvalue weighted by Gasteiger charge is 1.99. The molecule has 0 radical (unpaired) electrons. The van der Waals surface area contributed by atoms with Crippen LogP contribution in [0.3, 0.4) is 0 Å². The molecule has 0 saturated heterocycles. The summed E-state index contributed by atoms with van der Waals surface area (Å²) >= 11 is 0. The molecule has 3 heteroatoms. The third-order valence-electron chi connectivity index (χ3n) is 2.23. The monoisotopic (exact) mass is 200 g/mol. The standard InChI is InChI=1S/C12H12N2O/c1-13-12(15)14-11-7-6-9-4-2-3-5-10(9)8-11/h2-8H,1H3,(H2,13,14,15). The Balaban J connectivity index is 2.34. The fourth-order valence-corrected chi connectivity index (χ4v) is 1.46. The molecule has 0 spiro atoms. The molecule has 3 nitrogen and oxygen atoms in total. The summed E-state index contributed by atoms with van der Waals surface area (Å²) in [4.78, 5) is 11.1. The van der Waals surface area contributed by atoms with Crippen LogP contribution in [0.1, 0.15) is 0 Å². The molecule has 0 unspecified atom stereocenters. The molecule has 15 heavy (non-hydrogen) atoms. The molecule has 0 aliphatic rings. The van der Waals surface area contributed by atoms with Gasteiger partial charge in [-0.25, -0.2) is 4.79 Å². The smallest absolute Gasteiger partial charge is 0.318 e.